The van der Waals surface area contributed by atoms with E-state index in [1.54, 1.807) is 0 Å². The summed E-state index contributed by atoms with van der Waals surface area (Å²) in [4.78, 5) is 0. The molecule has 0 aromatic heterocycles. The number of nitrogens with one attached hydrogen (secondary N) is 2. The van der Waals surface area contributed by atoms with Crippen LogP contribution in [0.15, 0.2) is 72.8 Å². The molecular formula is C20H14N2Si. The molecule has 0 atom stereocenters. The molecule has 0 heterocycles. The van der Waals surface area contributed by atoms with Gasteiger partial charge < -0.3 is 0 Å². The van der Waals surface area contributed by atoms with E-state index in [0.29, 0.717) is 0 Å². The molecule has 0 saturated heterocycles. The average Bonchev–Trinajstić information content (AvgIpc) is 2.60. The third-order valence-electron chi connectivity index (χ3n) is 4.39. The van der Waals surface area contributed by atoms with Gasteiger partial charge in [0, 0.05) is 0 Å². The molecule has 2 N–H and O–H groups in total. The molecule has 0 aliphatic rings. The van der Waals surface area contributed by atoms with Crippen molar-refractivity contribution in [3.8, 4) is 0 Å². The fraction of sp³-hybridized carbons (Fsp3) is 0. The third kappa shape index (κ3) is 2.01. The van der Waals surface area contributed by atoms with Crippen LogP contribution in [0.5, 0.6) is 0 Å². The van der Waals surface area contributed by atoms with Crippen molar-refractivity contribution in [3.63, 3.8) is 0 Å². The zero-order valence-electron chi connectivity index (χ0n) is 12.4. The van der Waals surface area contributed by atoms with Gasteiger partial charge in [-0.25, -0.2) is 0 Å². The van der Waals surface area contributed by atoms with Gasteiger partial charge in [0.2, 0.25) is 9.10 Å². The highest BCUT2D eigenvalue weighted by Gasteiger charge is 2.11. The van der Waals surface area contributed by atoms with Crippen molar-refractivity contribution in [2.24, 2.45) is 0 Å². The summed E-state index contributed by atoms with van der Waals surface area (Å²) in [5.74, 6) is 0. The van der Waals surface area contributed by atoms with Crippen molar-refractivity contribution < 1.29 is 0 Å². The van der Waals surface area contributed by atoms with Crippen molar-refractivity contribution in [2.45, 2.75) is 0 Å². The van der Waals surface area contributed by atoms with E-state index in [1.807, 2.05) is 0 Å². The molecule has 0 saturated carbocycles. The van der Waals surface area contributed by atoms with Crippen molar-refractivity contribution in [1.82, 2.24) is 0 Å². The van der Waals surface area contributed by atoms with Gasteiger partial charge in [0.25, 0.3) is 0 Å². The van der Waals surface area contributed by atoms with E-state index in [2.05, 4.69) is 72.8 Å². The molecule has 108 valence electrons. The van der Waals surface area contributed by atoms with Gasteiger partial charge in [0.05, 0.1) is 0 Å². The Bertz CT molecular complexity index is 1020. The second-order valence-electron chi connectivity index (χ2n) is 5.54. The van der Waals surface area contributed by atoms with Crippen LogP contribution < -0.4 is 0 Å². The minimum atomic E-state index is -0.417. The lowest BCUT2D eigenvalue weighted by molar-refractivity contribution is 1.52. The number of rotatable bonds is 0. The Morgan fingerprint density at radius 3 is 1.00 bits per heavy atom. The molecule has 0 aliphatic carbocycles. The molecule has 2 nitrogen and oxygen atoms in total. The first-order chi connectivity index (χ1) is 11.3. The van der Waals surface area contributed by atoms with Gasteiger partial charge in [-0.2, -0.15) is 0 Å². The minimum absolute atomic E-state index is 0.417. The fourth-order valence-electron chi connectivity index (χ4n) is 3.58. The van der Waals surface area contributed by atoms with Crippen molar-refractivity contribution >= 4 is 52.2 Å². The molecule has 0 amide bonds. The summed E-state index contributed by atoms with van der Waals surface area (Å²) in [5, 5.41) is 22.7. The van der Waals surface area contributed by atoms with Crippen molar-refractivity contribution in [2.75, 3.05) is 0 Å². The maximum Gasteiger partial charge on any atom is 0.206 e. The maximum atomic E-state index is 5.90. The molecule has 0 radical (unpaired) electrons. The summed E-state index contributed by atoms with van der Waals surface area (Å²) in [6.07, 6.45) is 0. The van der Waals surface area contributed by atoms with E-state index < -0.39 is 9.10 Å². The Morgan fingerprint density at radius 1 is 0.478 bits per heavy atom. The summed E-state index contributed by atoms with van der Waals surface area (Å²) in [6.45, 7) is 0. The van der Waals surface area contributed by atoms with Crippen LogP contribution in [0.2, 0.25) is 0 Å². The summed E-state index contributed by atoms with van der Waals surface area (Å²) in [5.41, 5.74) is 0. The first kappa shape index (κ1) is 13.9. The second-order valence-corrected chi connectivity index (χ2v) is 5.79. The van der Waals surface area contributed by atoms with E-state index in [0.717, 1.165) is 0 Å². The van der Waals surface area contributed by atoms with E-state index in [9.17, 15) is 0 Å². The van der Waals surface area contributed by atoms with E-state index in [1.165, 1.54) is 43.1 Å². The Hall–Kier alpha value is -2.78. The monoisotopic (exact) mass is 310 g/mol. The van der Waals surface area contributed by atoms with E-state index in [4.69, 9.17) is 10.1 Å². The molecule has 5 aromatic rings. The number of benzene rings is 5. The first-order valence-electron chi connectivity index (χ1n) is 7.48. The molecule has 3 heteroatoms. The Labute approximate surface area is 135 Å². The largest absolute Gasteiger partial charge is 0.290 e. The van der Waals surface area contributed by atoms with Crippen molar-refractivity contribution in [3.05, 3.63) is 72.8 Å². The molecule has 0 bridgehead atoms. The summed E-state index contributed by atoms with van der Waals surface area (Å²) in [6, 6.07) is 26.4. The highest BCUT2D eigenvalue weighted by Crippen LogP contribution is 2.39. The van der Waals surface area contributed by atoms with Crippen molar-refractivity contribution in [1.29, 1.82) is 10.1 Å². The maximum absolute atomic E-state index is 5.90. The zero-order chi connectivity index (χ0) is 15.8. The van der Waals surface area contributed by atoms with Crippen LogP contribution in [0.1, 0.15) is 0 Å². The molecule has 0 unspecified atom stereocenters. The zero-order valence-corrected chi connectivity index (χ0v) is 13.4. The topological polar surface area (TPSA) is 47.7 Å². The van der Waals surface area contributed by atoms with Crippen LogP contribution in [-0.4, -0.2) is 9.10 Å². The molecule has 5 rings (SSSR count). The normalized spacial score (nSPS) is 10.8. The van der Waals surface area contributed by atoms with Crippen LogP contribution in [-0.2, 0) is 0 Å². The van der Waals surface area contributed by atoms with Gasteiger partial charge in [0.1, 0.15) is 0 Å². The van der Waals surface area contributed by atoms with Gasteiger partial charge in [-0.1, -0.05) is 72.8 Å². The quantitative estimate of drug-likeness (QED) is 0.202. The van der Waals surface area contributed by atoms with E-state index in [-0.39, 0.29) is 0 Å². The summed E-state index contributed by atoms with van der Waals surface area (Å²) < 4.78 is 0. The van der Waals surface area contributed by atoms with Gasteiger partial charge >= 0.3 is 0 Å². The molecule has 5 aromatic carbocycles. The Balaban J connectivity index is 0.000000421. The predicted octanol–water partition coefficient (Wildman–Crippen LogP) is 5.95. The highest BCUT2D eigenvalue weighted by atomic mass is 28.2. The van der Waals surface area contributed by atoms with Crippen LogP contribution >= 0.6 is 0 Å². The number of fused-ring (bicyclic) bond motifs is 2. The number of hydrogen-bond donors (Lipinski definition) is 2. The van der Waals surface area contributed by atoms with Gasteiger partial charge in [-0.05, 0) is 43.1 Å². The SMILES string of the molecule is N=[Si]=N.c1cc2cccc3c4cccc5cccc(c(c1)c23)c54. The van der Waals surface area contributed by atoms with Gasteiger partial charge in [-0.3, -0.25) is 10.1 Å². The highest BCUT2D eigenvalue weighted by molar-refractivity contribution is 6.32. The van der Waals surface area contributed by atoms with E-state index >= 15 is 0 Å². The Morgan fingerprint density at radius 2 is 0.739 bits per heavy atom. The van der Waals surface area contributed by atoms with Crippen LogP contribution in [0.25, 0.3) is 43.1 Å². The second kappa shape index (κ2) is 5.45. The lowest BCUT2D eigenvalue weighted by Gasteiger charge is -2.13. The molecule has 0 aliphatic heterocycles. The van der Waals surface area contributed by atoms with Gasteiger partial charge in [-0.15, -0.1) is 0 Å². The molecular weight excluding hydrogens is 296 g/mol. The standard InChI is InChI=1S/C20H12.H2N2Si/c1-5-13-6-2-11-17-18-12-4-8-14-7-3-10-16(20(14)18)15(9-1)19(13)17;1-3-2/h1-12H;1-2H. The van der Waals surface area contributed by atoms with Crippen LogP contribution in [0.3, 0.4) is 0 Å². The fourth-order valence-corrected chi connectivity index (χ4v) is 3.58. The molecule has 23 heavy (non-hydrogen) atoms. The summed E-state index contributed by atoms with van der Waals surface area (Å²) >= 11 is 0. The average molecular weight is 310 g/mol. The minimum Gasteiger partial charge on any atom is -0.290 e. The van der Waals surface area contributed by atoms with Crippen LogP contribution in [0.4, 0.5) is 0 Å². The van der Waals surface area contributed by atoms with Crippen LogP contribution in [0, 0.1) is 10.1 Å². The molecule has 0 spiro atoms. The lowest BCUT2D eigenvalue weighted by Crippen LogP contribution is -1.85. The molecule has 0 fully saturated rings. The number of hydrogen-bond acceptors (Lipinski definition) is 2. The van der Waals surface area contributed by atoms with Gasteiger partial charge in [0.15, 0.2) is 0 Å². The smallest absolute Gasteiger partial charge is 0.206 e. The predicted molar refractivity (Wildman–Crippen MR) is 98.8 cm³/mol. The lowest BCUT2D eigenvalue weighted by atomic mass is 9.90. The third-order valence-corrected chi connectivity index (χ3v) is 4.39. The Kier molecular flexibility index (Phi) is 3.28. The first-order valence-corrected chi connectivity index (χ1v) is 8.48. The summed E-state index contributed by atoms with van der Waals surface area (Å²) in [7, 11) is -0.417.